The van der Waals surface area contributed by atoms with Gasteiger partial charge in [0.15, 0.2) is 0 Å². The van der Waals surface area contributed by atoms with E-state index in [1.807, 2.05) is 32.9 Å². The average Bonchev–Trinajstić information content (AvgIpc) is 2.87. The first kappa shape index (κ1) is 31.9. The molecule has 10 heteroatoms. The van der Waals surface area contributed by atoms with E-state index in [-0.39, 0.29) is 31.3 Å². The summed E-state index contributed by atoms with van der Waals surface area (Å²) in [6, 6.07) is 11.7. The number of rotatable bonds is 15. The van der Waals surface area contributed by atoms with E-state index in [0.29, 0.717) is 40.7 Å². The largest absolute Gasteiger partial charge is 0.354 e. The third kappa shape index (κ3) is 9.47. The number of nitrogens with one attached hydrogen (secondary N) is 1. The highest BCUT2D eigenvalue weighted by Gasteiger charge is 2.29. The van der Waals surface area contributed by atoms with Crippen molar-refractivity contribution in [3.63, 3.8) is 0 Å². The summed E-state index contributed by atoms with van der Waals surface area (Å²) < 4.78 is 26.4. The molecule has 0 aliphatic carbocycles. The molecule has 0 radical (unpaired) electrons. The fourth-order valence-corrected chi connectivity index (χ4v) is 5.59. The second kappa shape index (κ2) is 15.3. The van der Waals surface area contributed by atoms with Crippen LogP contribution in [-0.2, 0) is 32.6 Å². The first-order valence-corrected chi connectivity index (χ1v) is 15.7. The van der Waals surface area contributed by atoms with Gasteiger partial charge in [-0.25, -0.2) is 8.42 Å². The van der Waals surface area contributed by atoms with Crippen LogP contribution in [-0.4, -0.2) is 50.5 Å². The second-order valence-electron chi connectivity index (χ2n) is 9.28. The molecule has 0 saturated heterocycles. The maximum Gasteiger partial charge on any atom is 0.242 e. The maximum atomic E-state index is 13.5. The summed E-state index contributed by atoms with van der Waals surface area (Å²) in [5.74, 6) is -0.462. The van der Waals surface area contributed by atoms with E-state index < -0.39 is 16.1 Å². The number of nitrogens with zero attached hydrogens (tertiary/aromatic N) is 2. The minimum atomic E-state index is -3.55. The number of carbonyl (C=O) groups is 2. The second-order valence-corrected chi connectivity index (χ2v) is 12.0. The van der Waals surface area contributed by atoms with E-state index in [1.54, 1.807) is 30.3 Å². The lowest BCUT2D eigenvalue weighted by atomic mass is 10.1. The molecular formula is C28H39Cl2N3O4S. The Morgan fingerprint density at radius 2 is 1.68 bits per heavy atom. The number of hydrogen-bond donors (Lipinski definition) is 1. The summed E-state index contributed by atoms with van der Waals surface area (Å²) in [5.41, 5.74) is 2.35. The van der Waals surface area contributed by atoms with Crippen LogP contribution in [0.5, 0.6) is 0 Å². The van der Waals surface area contributed by atoms with Crippen LogP contribution in [0.3, 0.4) is 0 Å². The first-order valence-electron chi connectivity index (χ1n) is 13.1. The predicted octanol–water partition coefficient (Wildman–Crippen LogP) is 5.83. The van der Waals surface area contributed by atoms with Crippen molar-refractivity contribution in [2.24, 2.45) is 0 Å². The molecule has 0 spiro atoms. The van der Waals surface area contributed by atoms with Gasteiger partial charge in [0.1, 0.15) is 6.04 Å². The first-order chi connectivity index (χ1) is 18.0. The lowest BCUT2D eigenvalue weighted by molar-refractivity contribution is -0.141. The highest BCUT2D eigenvalue weighted by Crippen LogP contribution is 2.25. The number of unbranched alkanes of at least 4 members (excludes halogenated alkanes) is 1. The maximum absolute atomic E-state index is 13.5. The molecule has 1 unspecified atom stereocenters. The summed E-state index contributed by atoms with van der Waals surface area (Å²) in [7, 11) is -3.55. The summed E-state index contributed by atoms with van der Waals surface area (Å²) in [6.07, 6.45) is 4.59. The number of halogens is 2. The summed E-state index contributed by atoms with van der Waals surface area (Å²) in [4.78, 5) is 28.1. The monoisotopic (exact) mass is 583 g/mol. The van der Waals surface area contributed by atoms with Crippen molar-refractivity contribution in [1.82, 2.24) is 10.2 Å². The van der Waals surface area contributed by atoms with Crippen molar-refractivity contribution in [2.75, 3.05) is 23.7 Å². The van der Waals surface area contributed by atoms with Crippen molar-refractivity contribution in [3.05, 3.63) is 63.6 Å². The lowest BCUT2D eigenvalue weighted by Gasteiger charge is -2.31. The fraction of sp³-hybridized carbons (Fsp3) is 0.500. The van der Waals surface area contributed by atoms with Gasteiger partial charge < -0.3 is 10.2 Å². The van der Waals surface area contributed by atoms with Crippen molar-refractivity contribution in [2.45, 2.75) is 71.9 Å². The standard InChI is InChI=1S/C28H39Cl2N3O4S/c1-5-8-17-31-28(35)26(7-3)32(20-22-13-14-23(29)19-25(22)30)27(34)10-9-18-33(38(4,36)37)24-15-11-21(6-2)12-16-24/h11-16,19,26H,5-10,17-18,20H2,1-4H3,(H,31,35). The van der Waals surface area contributed by atoms with Crippen LogP contribution in [0.2, 0.25) is 10.0 Å². The molecule has 2 aromatic rings. The normalized spacial score (nSPS) is 12.2. The zero-order valence-electron chi connectivity index (χ0n) is 22.7. The van der Waals surface area contributed by atoms with Crippen LogP contribution in [0, 0.1) is 0 Å². The fourth-order valence-electron chi connectivity index (χ4n) is 4.16. The molecule has 0 saturated carbocycles. The van der Waals surface area contributed by atoms with E-state index in [4.69, 9.17) is 23.2 Å². The van der Waals surface area contributed by atoms with Crippen LogP contribution in [0.25, 0.3) is 0 Å². The third-order valence-electron chi connectivity index (χ3n) is 6.36. The lowest BCUT2D eigenvalue weighted by Crippen LogP contribution is -2.49. The van der Waals surface area contributed by atoms with Crippen LogP contribution < -0.4 is 9.62 Å². The van der Waals surface area contributed by atoms with Gasteiger partial charge in [0.05, 0.1) is 11.9 Å². The Balaban J connectivity index is 2.22. The van der Waals surface area contributed by atoms with Gasteiger partial charge in [-0.05, 0) is 61.1 Å². The quantitative estimate of drug-likeness (QED) is 0.267. The van der Waals surface area contributed by atoms with Crippen molar-refractivity contribution >= 4 is 50.7 Å². The van der Waals surface area contributed by atoms with Gasteiger partial charge in [0, 0.05) is 36.1 Å². The number of hydrogen-bond acceptors (Lipinski definition) is 4. The molecule has 0 aliphatic rings. The molecule has 0 fully saturated rings. The third-order valence-corrected chi connectivity index (χ3v) is 8.14. The van der Waals surface area contributed by atoms with E-state index in [0.717, 1.165) is 31.1 Å². The number of benzene rings is 2. The summed E-state index contributed by atoms with van der Waals surface area (Å²) in [5, 5.41) is 3.82. The Hall–Kier alpha value is -2.29. The Kier molecular flexibility index (Phi) is 12.9. The predicted molar refractivity (Wildman–Crippen MR) is 156 cm³/mol. The Bertz CT molecular complexity index is 1170. The minimum absolute atomic E-state index is 0.0724. The zero-order chi connectivity index (χ0) is 28.3. The van der Waals surface area contributed by atoms with E-state index in [9.17, 15) is 18.0 Å². The number of amides is 2. The zero-order valence-corrected chi connectivity index (χ0v) is 25.0. The van der Waals surface area contributed by atoms with Gasteiger partial charge in [-0.1, -0.05) is 68.6 Å². The Morgan fingerprint density at radius 1 is 1.00 bits per heavy atom. The van der Waals surface area contributed by atoms with Gasteiger partial charge in [-0.15, -0.1) is 0 Å². The number of sulfonamides is 1. The van der Waals surface area contributed by atoms with E-state index in [2.05, 4.69) is 5.32 Å². The van der Waals surface area contributed by atoms with Crippen LogP contribution >= 0.6 is 23.2 Å². The van der Waals surface area contributed by atoms with Crippen molar-refractivity contribution in [1.29, 1.82) is 0 Å². The molecule has 0 aromatic heterocycles. The molecular weight excluding hydrogens is 545 g/mol. The summed E-state index contributed by atoms with van der Waals surface area (Å²) >= 11 is 12.4. The molecule has 0 aliphatic heterocycles. The van der Waals surface area contributed by atoms with Gasteiger partial charge in [0.2, 0.25) is 21.8 Å². The topological polar surface area (TPSA) is 86.8 Å². The van der Waals surface area contributed by atoms with Crippen molar-refractivity contribution in [3.8, 4) is 0 Å². The van der Waals surface area contributed by atoms with Crippen molar-refractivity contribution < 1.29 is 18.0 Å². The minimum Gasteiger partial charge on any atom is -0.354 e. The molecule has 2 amide bonds. The van der Waals surface area contributed by atoms with Gasteiger partial charge >= 0.3 is 0 Å². The van der Waals surface area contributed by atoms with Crippen LogP contribution in [0.1, 0.15) is 64.0 Å². The van der Waals surface area contributed by atoms with Gasteiger partial charge in [0.25, 0.3) is 0 Å². The van der Waals surface area contributed by atoms with Gasteiger partial charge in [-0.3, -0.25) is 13.9 Å². The molecule has 0 heterocycles. The molecule has 2 rings (SSSR count). The van der Waals surface area contributed by atoms with E-state index in [1.165, 1.54) is 9.21 Å². The molecule has 1 atom stereocenters. The number of anilines is 1. The molecule has 0 bridgehead atoms. The smallest absolute Gasteiger partial charge is 0.242 e. The molecule has 210 valence electrons. The Morgan fingerprint density at radius 3 is 2.24 bits per heavy atom. The molecule has 38 heavy (non-hydrogen) atoms. The van der Waals surface area contributed by atoms with Gasteiger partial charge in [-0.2, -0.15) is 0 Å². The average molecular weight is 585 g/mol. The molecule has 2 aromatic carbocycles. The SMILES string of the molecule is CCCCNC(=O)C(CC)N(Cc1ccc(Cl)cc1Cl)C(=O)CCCN(c1ccc(CC)cc1)S(C)(=O)=O. The highest BCUT2D eigenvalue weighted by molar-refractivity contribution is 7.92. The van der Waals surface area contributed by atoms with E-state index >= 15 is 0 Å². The van der Waals surface area contributed by atoms with Crippen LogP contribution in [0.4, 0.5) is 5.69 Å². The number of carbonyl (C=O) groups excluding carboxylic acids is 2. The highest BCUT2D eigenvalue weighted by atomic mass is 35.5. The molecule has 7 nitrogen and oxygen atoms in total. The number of aryl methyl sites for hydroxylation is 1. The van der Waals surface area contributed by atoms with Crippen LogP contribution in [0.15, 0.2) is 42.5 Å². The summed E-state index contributed by atoms with van der Waals surface area (Å²) in [6.45, 7) is 6.76. The molecule has 1 N–H and O–H groups in total. The Labute approximate surface area is 237 Å².